The lowest BCUT2D eigenvalue weighted by molar-refractivity contribution is 0.0609. The molecule has 0 unspecified atom stereocenters. The van der Waals surface area contributed by atoms with Crippen LogP contribution in [0.15, 0.2) is 12.3 Å². The third-order valence-electron chi connectivity index (χ3n) is 6.31. The summed E-state index contributed by atoms with van der Waals surface area (Å²) < 4.78 is 28.3. The average Bonchev–Trinajstić information content (AvgIpc) is 3.25. The summed E-state index contributed by atoms with van der Waals surface area (Å²) in [4.78, 5) is 22.1. The van der Waals surface area contributed by atoms with Crippen LogP contribution in [0, 0.1) is 0 Å². The highest BCUT2D eigenvalue weighted by molar-refractivity contribution is 5.99. The maximum Gasteiger partial charge on any atom is 0.280 e. The van der Waals surface area contributed by atoms with Gasteiger partial charge in [-0.1, -0.05) is 0 Å². The van der Waals surface area contributed by atoms with Crippen LogP contribution in [-0.2, 0) is 0 Å². The van der Waals surface area contributed by atoms with Gasteiger partial charge in [-0.15, -0.1) is 0 Å². The van der Waals surface area contributed by atoms with E-state index in [-0.39, 0.29) is 23.2 Å². The number of aromatic nitrogens is 3. The van der Waals surface area contributed by atoms with E-state index in [1.54, 1.807) is 0 Å². The fourth-order valence-corrected chi connectivity index (χ4v) is 4.61. The number of likely N-dealkylation sites (tertiary alicyclic amines) is 2. The van der Waals surface area contributed by atoms with E-state index in [0.717, 1.165) is 43.3 Å². The number of carbonyl (C=O) groups is 1. The molecule has 0 spiro atoms. The van der Waals surface area contributed by atoms with E-state index in [9.17, 15) is 13.6 Å². The van der Waals surface area contributed by atoms with Crippen LogP contribution in [0.2, 0.25) is 0 Å². The zero-order valence-electron chi connectivity index (χ0n) is 15.9. The molecule has 0 aromatic carbocycles. The van der Waals surface area contributed by atoms with Gasteiger partial charge in [-0.3, -0.25) is 9.69 Å². The molecule has 1 atom stereocenters. The fourth-order valence-electron chi connectivity index (χ4n) is 4.61. The Labute approximate surface area is 162 Å². The highest BCUT2D eigenvalue weighted by atomic mass is 19.3. The quantitative estimate of drug-likeness (QED) is 0.806. The Balaban J connectivity index is 1.45. The average molecular weight is 389 g/mol. The first-order valence-electron chi connectivity index (χ1n) is 10.3. The lowest BCUT2D eigenvalue weighted by Crippen LogP contribution is -2.49. The lowest BCUT2D eigenvalue weighted by Gasteiger charge is -2.37. The minimum atomic E-state index is -2.65. The molecule has 4 heterocycles. The van der Waals surface area contributed by atoms with Gasteiger partial charge in [0, 0.05) is 30.7 Å². The Hall–Kier alpha value is -2.09. The minimum Gasteiger partial charge on any atom is -0.337 e. The molecular weight excluding hydrogens is 364 g/mol. The highest BCUT2D eigenvalue weighted by Crippen LogP contribution is 2.40. The number of alkyl halides is 2. The summed E-state index contributed by atoms with van der Waals surface area (Å²) in [6.45, 7) is 3.60. The van der Waals surface area contributed by atoms with E-state index < -0.39 is 6.43 Å². The number of hydrogen-bond donors (Lipinski definition) is 0. The molecule has 150 valence electrons. The minimum absolute atomic E-state index is 0.139. The molecule has 1 aliphatic carbocycles. The summed E-state index contributed by atoms with van der Waals surface area (Å²) in [7, 11) is 0. The second kappa shape index (κ2) is 7.06. The van der Waals surface area contributed by atoms with Gasteiger partial charge in [-0.2, -0.15) is 5.10 Å². The zero-order chi connectivity index (χ0) is 19.3. The van der Waals surface area contributed by atoms with Crippen molar-refractivity contribution in [2.45, 2.75) is 56.9 Å². The molecular formula is C20H25F2N5O. The van der Waals surface area contributed by atoms with Crippen molar-refractivity contribution >= 4 is 11.6 Å². The van der Waals surface area contributed by atoms with Gasteiger partial charge >= 0.3 is 0 Å². The number of carbonyl (C=O) groups excluding carboxylic acids is 1. The predicted octanol–water partition coefficient (Wildman–Crippen LogP) is 3.24. The van der Waals surface area contributed by atoms with Gasteiger partial charge in [0.05, 0.1) is 6.20 Å². The Morgan fingerprint density at radius 1 is 1.11 bits per heavy atom. The maximum atomic E-state index is 13.6. The van der Waals surface area contributed by atoms with Gasteiger partial charge in [0.15, 0.2) is 5.65 Å². The van der Waals surface area contributed by atoms with Crippen molar-refractivity contribution in [3.63, 3.8) is 0 Å². The van der Waals surface area contributed by atoms with E-state index in [2.05, 4.69) is 15.0 Å². The van der Waals surface area contributed by atoms with Gasteiger partial charge in [0.25, 0.3) is 12.3 Å². The van der Waals surface area contributed by atoms with Crippen molar-refractivity contribution in [3.05, 3.63) is 29.2 Å². The molecule has 8 heteroatoms. The largest absolute Gasteiger partial charge is 0.337 e. The van der Waals surface area contributed by atoms with E-state index in [1.165, 1.54) is 25.1 Å². The van der Waals surface area contributed by atoms with Crippen LogP contribution in [0.25, 0.3) is 5.65 Å². The fraction of sp³-hybridized carbons (Fsp3) is 0.650. The Morgan fingerprint density at radius 2 is 1.89 bits per heavy atom. The van der Waals surface area contributed by atoms with Crippen LogP contribution in [0.3, 0.4) is 0 Å². The van der Waals surface area contributed by atoms with Crippen molar-refractivity contribution in [3.8, 4) is 0 Å². The molecule has 28 heavy (non-hydrogen) atoms. The topological polar surface area (TPSA) is 53.7 Å². The van der Waals surface area contributed by atoms with Crippen molar-refractivity contribution in [1.29, 1.82) is 0 Å². The van der Waals surface area contributed by atoms with Crippen LogP contribution < -0.4 is 0 Å². The summed E-state index contributed by atoms with van der Waals surface area (Å²) in [6.07, 6.45) is 5.21. The summed E-state index contributed by atoms with van der Waals surface area (Å²) in [5.41, 5.74) is 1.09. The molecule has 5 rings (SSSR count). The van der Waals surface area contributed by atoms with Gasteiger partial charge in [-0.05, 0) is 57.7 Å². The second-order valence-electron chi connectivity index (χ2n) is 8.26. The number of rotatable bonds is 4. The van der Waals surface area contributed by atoms with Crippen molar-refractivity contribution in [2.75, 3.05) is 26.2 Å². The molecule has 1 saturated carbocycles. The van der Waals surface area contributed by atoms with Crippen LogP contribution in [0.4, 0.5) is 8.78 Å². The maximum absolute atomic E-state index is 13.6. The standard InChI is InChI=1S/C20H25F2N5O/c21-18(22)17-10-16(13-5-6-13)24-19-15(11-23-27(17)19)20(28)26-9-3-4-14(12-26)25-7-1-2-8-25/h10-11,13-14,18H,1-9,12H2/t14-/m0/s1. The van der Waals surface area contributed by atoms with Crippen molar-refractivity contribution in [2.24, 2.45) is 0 Å². The van der Waals surface area contributed by atoms with Gasteiger partial charge in [0.2, 0.25) is 0 Å². The molecule has 6 nitrogen and oxygen atoms in total. The van der Waals surface area contributed by atoms with Gasteiger partial charge < -0.3 is 4.90 Å². The van der Waals surface area contributed by atoms with E-state index in [0.29, 0.717) is 30.4 Å². The number of amides is 1. The van der Waals surface area contributed by atoms with Crippen LogP contribution in [0.5, 0.6) is 0 Å². The van der Waals surface area contributed by atoms with E-state index in [1.807, 2.05) is 4.90 Å². The molecule has 2 aromatic heterocycles. The Morgan fingerprint density at radius 3 is 2.61 bits per heavy atom. The summed E-state index contributed by atoms with van der Waals surface area (Å²) in [6, 6.07) is 1.84. The Kier molecular flexibility index (Phi) is 4.53. The van der Waals surface area contributed by atoms with Gasteiger partial charge in [-0.25, -0.2) is 18.3 Å². The van der Waals surface area contributed by atoms with Crippen LogP contribution >= 0.6 is 0 Å². The molecule has 0 radical (unpaired) electrons. The Bertz CT molecular complexity index is 888. The van der Waals surface area contributed by atoms with Crippen molar-refractivity contribution < 1.29 is 13.6 Å². The molecule has 2 aromatic rings. The number of piperidine rings is 1. The third-order valence-corrected chi connectivity index (χ3v) is 6.31. The molecule has 2 saturated heterocycles. The SMILES string of the molecule is O=C(c1cnn2c(C(F)F)cc(C3CC3)nc12)N1CCC[C@H](N2CCCC2)C1. The first-order valence-corrected chi connectivity index (χ1v) is 10.3. The summed E-state index contributed by atoms with van der Waals surface area (Å²) in [5.74, 6) is 0.0921. The number of hydrogen-bond acceptors (Lipinski definition) is 4. The van der Waals surface area contributed by atoms with Crippen molar-refractivity contribution in [1.82, 2.24) is 24.4 Å². The van der Waals surface area contributed by atoms with E-state index >= 15 is 0 Å². The number of halogens is 2. The normalized spacial score (nSPS) is 23.8. The smallest absolute Gasteiger partial charge is 0.280 e. The first kappa shape index (κ1) is 18.0. The summed E-state index contributed by atoms with van der Waals surface area (Å²) >= 11 is 0. The first-order chi connectivity index (χ1) is 13.6. The molecule has 2 aliphatic heterocycles. The second-order valence-corrected chi connectivity index (χ2v) is 8.26. The predicted molar refractivity (Wildman–Crippen MR) is 99.7 cm³/mol. The molecule has 3 aliphatic rings. The van der Waals surface area contributed by atoms with Gasteiger partial charge in [0.1, 0.15) is 11.3 Å². The zero-order valence-corrected chi connectivity index (χ0v) is 15.9. The number of fused-ring (bicyclic) bond motifs is 1. The lowest BCUT2D eigenvalue weighted by atomic mass is 10.0. The third kappa shape index (κ3) is 3.17. The number of nitrogens with zero attached hydrogens (tertiary/aromatic N) is 5. The molecule has 0 N–H and O–H groups in total. The monoisotopic (exact) mass is 389 g/mol. The van der Waals surface area contributed by atoms with Crippen LogP contribution in [-0.4, -0.2) is 62.5 Å². The highest BCUT2D eigenvalue weighted by Gasteiger charge is 2.33. The van der Waals surface area contributed by atoms with E-state index in [4.69, 9.17) is 0 Å². The molecule has 1 amide bonds. The molecule has 3 fully saturated rings. The van der Waals surface area contributed by atoms with Crippen LogP contribution in [0.1, 0.15) is 72.6 Å². The molecule has 0 bridgehead atoms. The summed E-state index contributed by atoms with van der Waals surface area (Å²) in [5, 5.41) is 4.09.